The van der Waals surface area contributed by atoms with E-state index in [2.05, 4.69) is 0 Å². The predicted molar refractivity (Wildman–Crippen MR) is 87.6 cm³/mol. The van der Waals surface area contributed by atoms with Crippen LogP contribution in [0.5, 0.6) is 0 Å². The second kappa shape index (κ2) is 7.02. The maximum atomic E-state index is 13.0. The fourth-order valence-corrected chi connectivity index (χ4v) is 2.74. The molecule has 0 spiro atoms. The number of aromatic nitrogens is 2. The van der Waals surface area contributed by atoms with E-state index in [1.54, 1.807) is 17.0 Å². The smallest absolute Gasteiger partial charge is 0.331 e. The quantitative estimate of drug-likeness (QED) is 0.800. The molecule has 7 nitrogen and oxygen atoms in total. The molecule has 1 unspecified atom stereocenters. The molecule has 0 radical (unpaired) electrons. The molecule has 0 N–H and O–H groups in total. The Labute approximate surface area is 142 Å². The molecule has 0 aliphatic carbocycles. The maximum Gasteiger partial charge on any atom is 0.331 e. The lowest BCUT2D eigenvalue weighted by molar-refractivity contribution is -0.139. The van der Waals surface area contributed by atoms with Crippen LogP contribution >= 0.6 is 0 Å². The molecule has 1 aromatic heterocycles. The molecule has 1 saturated heterocycles. The van der Waals surface area contributed by atoms with Crippen molar-refractivity contribution in [3.63, 3.8) is 0 Å². The highest BCUT2D eigenvalue weighted by molar-refractivity contribution is 5.76. The normalized spacial score (nSPS) is 17.5. The number of rotatable bonds is 3. The molecular weight excluding hydrogens is 329 g/mol. The van der Waals surface area contributed by atoms with Crippen LogP contribution in [0.3, 0.4) is 0 Å². The van der Waals surface area contributed by atoms with Gasteiger partial charge in [-0.05, 0) is 17.7 Å². The fraction of sp³-hybridized carbons (Fsp3) is 0.353. The summed E-state index contributed by atoms with van der Waals surface area (Å²) in [5, 5.41) is 0. The molecule has 1 aliphatic rings. The molecule has 132 valence electrons. The molecule has 1 aromatic carbocycles. The van der Waals surface area contributed by atoms with E-state index in [1.165, 1.54) is 36.0 Å². The van der Waals surface area contributed by atoms with Gasteiger partial charge < -0.3 is 9.64 Å². The third-order valence-corrected chi connectivity index (χ3v) is 4.23. The summed E-state index contributed by atoms with van der Waals surface area (Å²) < 4.78 is 20.9. The van der Waals surface area contributed by atoms with Crippen molar-refractivity contribution < 1.29 is 13.9 Å². The van der Waals surface area contributed by atoms with Gasteiger partial charge in [-0.1, -0.05) is 12.1 Å². The number of carbonyl (C=O) groups excluding carboxylic acids is 1. The van der Waals surface area contributed by atoms with Gasteiger partial charge in [-0.25, -0.2) is 9.18 Å². The molecule has 8 heteroatoms. The van der Waals surface area contributed by atoms with Gasteiger partial charge in [-0.2, -0.15) is 0 Å². The van der Waals surface area contributed by atoms with Gasteiger partial charge in [0, 0.05) is 25.9 Å². The van der Waals surface area contributed by atoms with Crippen LogP contribution in [-0.2, 0) is 23.1 Å². The van der Waals surface area contributed by atoms with Crippen LogP contribution in [-0.4, -0.2) is 39.6 Å². The fourth-order valence-electron chi connectivity index (χ4n) is 2.74. The van der Waals surface area contributed by atoms with Gasteiger partial charge in [0.1, 0.15) is 18.5 Å². The van der Waals surface area contributed by atoms with E-state index in [-0.39, 0.29) is 24.4 Å². The van der Waals surface area contributed by atoms with Gasteiger partial charge in [0.15, 0.2) is 0 Å². The van der Waals surface area contributed by atoms with Crippen molar-refractivity contribution in [2.75, 3.05) is 19.7 Å². The first-order valence-electron chi connectivity index (χ1n) is 7.87. The highest BCUT2D eigenvalue weighted by atomic mass is 19.1. The zero-order valence-electron chi connectivity index (χ0n) is 13.7. The van der Waals surface area contributed by atoms with E-state index in [0.717, 1.165) is 10.1 Å². The molecule has 25 heavy (non-hydrogen) atoms. The Morgan fingerprint density at radius 3 is 2.68 bits per heavy atom. The number of halogens is 1. The summed E-state index contributed by atoms with van der Waals surface area (Å²) >= 11 is 0. The Morgan fingerprint density at radius 1 is 1.24 bits per heavy atom. The first-order chi connectivity index (χ1) is 12.0. The summed E-state index contributed by atoms with van der Waals surface area (Å²) in [5.74, 6) is -0.572. The van der Waals surface area contributed by atoms with Crippen molar-refractivity contribution in [2.24, 2.45) is 7.05 Å². The average molecular weight is 347 g/mol. The standard InChI is InChI=1S/C17H18FN3O4/c1-19-15(22)6-7-21(17(19)24)11-16(23)20-8-9-25-14(10-20)12-2-4-13(18)5-3-12/h2-7,14H,8-11H2,1H3. The average Bonchev–Trinajstić information content (AvgIpc) is 2.63. The van der Waals surface area contributed by atoms with E-state index in [4.69, 9.17) is 4.74 Å². The predicted octanol–water partition coefficient (Wildman–Crippen LogP) is 0.286. The van der Waals surface area contributed by atoms with Crippen molar-refractivity contribution in [1.29, 1.82) is 0 Å². The first kappa shape index (κ1) is 17.1. The number of carbonyl (C=O) groups is 1. The topological polar surface area (TPSA) is 73.5 Å². The molecule has 0 saturated carbocycles. The van der Waals surface area contributed by atoms with Crippen molar-refractivity contribution in [3.8, 4) is 0 Å². The summed E-state index contributed by atoms with van der Waals surface area (Å²) in [7, 11) is 1.37. The zero-order chi connectivity index (χ0) is 18.0. The van der Waals surface area contributed by atoms with Gasteiger partial charge >= 0.3 is 5.69 Å². The number of hydrogen-bond donors (Lipinski definition) is 0. The van der Waals surface area contributed by atoms with Crippen LogP contribution in [0.1, 0.15) is 11.7 Å². The van der Waals surface area contributed by atoms with Gasteiger partial charge in [-0.3, -0.25) is 18.7 Å². The maximum absolute atomic E-state index is 13.0. The number of hydrogen-bond acceptors (Lipinski definition) is 4. The Bertz CT molecular complexity index is 888. The lowest BCUT2D eigenvalue weighted by Crippen LogP contribution is -2.46. The zero-order valence-corrected chi connectivity index (χ0v) is 13.7. The van der Waals surface area contributed by atoms with Crippen LogP contribution in [0, 0.1) is 5.82 Å². The molecule has 1 atom stereocenters. The van der Waals surface area contributed by atoms with Gasteiger partial charge in [-0.15, -0.1) is 0 Å². The Kier molecular flexibility index (Phi) is 4.80. The second-order valence-corrected chi connectivity index (χ2v) is 5.87. The van der Waals surface area contributed by atoms with Gasteiger partial charge in [0.25, 0.3) is 5.56 Å². The third kappa shape index (κ3) is 3.69. The highest BCUT2D eigenvalue weighted by Crippen LogP contribution is 2.22. The van der Waals surface area contributed by atoms with E-state index >= 15 is 0 Å². The molecule has 0 bridgehead atoms. The summed E-state index contributed by atoms with van der Waals surface area (Å²) in [5.41, 5.74) is -0.168. The van der Waals surface area contributed by atoms with Crippen molar-refractivity contribution in [2.45, 2.75) is 12.6 Å². The minimum absolute atomic E-state index is 0.150. The summed E-state index contributed by atoms with van der Waals surface area (Å²) in [6, 6.07) is 7.21. The van der Waals surface area contributed by atoms with Crippen LogP contribution in [0.15, 0.2) is 46.1 Å². The van der Waals surface area contributed by atoms with Crippen molar-refractivity contribution >= 4 is 5.91 Å². The van der Waals surface area contributed by atoms with E-state index in [0.29, 0.717) is 19.7 Å². The highest BCUT2D eigenvalue weighted by Gasteiger charge is 2.25. The molecular formula is C17H18FN3O4. The molecule has 1 aliphatic heterocycles. The molecule has 3 rings (SSSR count). The largest absolute Gasteiger partial charge is 0.370 e. The minimum atomic E-state index is -0.538. The van der Waals surface area contributed by atoms with Gasteiger partial charge in [0.05, 0.1) is 13.2 Å². The lowest BCUT2D eigenvalue weighted by Gasteiger charge is -2.33. The summed E-state index contributed by atoms with van der Waals surface area (Å²) in [6.07, 6.45) is 0.982. The first-order valence-corrected chi connectivity index (χ1v) is 7.87. The Balaban J connectivity index is 1.72. The number of ether oxygens (including phenoxy) is 1. The van der Waals surface area contributed by atoms with Crippen molar-refractivity contribution in [3.05, 3.63) is 68.7 Å². The van der Waals surface area contributed by atoms with Crippen molar-refractivity contribution in [1.82, 2.24) is 14.0 Å². The van der Waals surface area contributed by atoms with Crippen LogP contribution in [0.4, 0.5) is 4.39 Å². The summed E-state index contributed by atoms with van der Waals surface area (Å²) in [4.78, 5) is 37.6. The van der Waals surface area contributed by atoms with E-state index in [1.807, 2.05) is 0 Å². The van der Waals surface area contributed by atoms with Crippen LogP contribution in [0.2, 0.25) is 0 Å². The molecule has 1 fully saturated rings. The van der Waals surface area contributed by atoms with Crippen LogP contribution < -0.4 is 11.2 Å². The Morgan fingerprint density at radius 2 is 1.96 bits per heavy atom. The SMILES string of the molecule is Cn1c(=O)ccn(CC(=O)N2CCOC(c3ccc(F)cc3)C2)c1=O. The number of morpholine rings is 1. The Hall–Kier alpha value is -2.74. The van der Waals surface area contributed by atoms with E-state index in [9.17, 15) is 18.8 Å². The monoisotopic (exact) mass is 347 g/mol. The number of nitrogens with zero attached hydrogens (tertiary/aromatic N) is 3. The second-order valence-electron chi connectivity index (χ2n) is 5.87. The lowest BCUT2D eigenvalue weighted by atomic mass is 10.1. The van der Waals surface area contributed by atoms with Gasteiger partial charge in [0.2, 0.25) is 5.91 Å². The number of amides is 1. The number of benzene rings is 1. The minimum Gasteiger partial charge on any atom is -0.370 e. The van der Waals surface area contributed by atoms with E-state index < -0.39 is 11.2 Å². The van der Waals surface area contributed by atoms with Crippen LogP contribution in [0.25, 0.3) is 0 Å². The third-order valence-electron chi connectivity index (χ3n) is 4.23. The summed E-state index contributed by atoms with van der Waals surface area (Å²) in [6.45, 7) is 0.946. The molecule has 2 heterocycles. The molecule has 2 aromatic rings. The molecule has 1 amide bonds.